The number of halogens is 1. The van der Waals surface area contributed by atoms with Crippen molar-refractivity contribution < 1.29 is 4.39 Å². The van der Waals surface area contributed by atoms with Gasteiger partial charge in [-0.05, 0) is 60.4 Å². The van der Waals surface area contributed by atoms with E-state index in [1.807, 2.05) is 11.8 Å². The monoisotopic (exact) mass is 225 g/mol. The van der Waals surface area contributed by atoms with Crippen molar-refractivity contribution >= 4 is 17.4 Å². The van der Waals surface area contributed by atoms with Crippen molar-refractivity contribution in [1.29, 1.82) is 0 Å². The Morgan fingerprint density at radius 3 is 3.07 bits per heavy atom. The van der Waals surface area contributed by atoms with Crippen molar-refractivity contribution in [3.8, 4) is 0 Å². The second-order valence-corrected chi connectivity index (χ2v) is 5.28. The second-order valence-electron chi connectivity index (χ2n) is 4.13. The van der Waals surface area contributed by atoms with Crippen LogP contribution in [0.2, 0.25) is 0 Å². The molecule has 1 aromatic rings. The summed E-state index contributed by atoms with van der Waals surface area (Å²) in [6.07, 6.45) is 3.46. The van der Waals surface area contributed by atoms with E-state index in [1.165, 1.54) is 30.4 Å². The molecule has 0 saturated carbocycles. The molecular formula is C12H16FNS. The molecule has 0 aromatic heterocycles. The van der Waals surface area contributed by atoms with Gasteiger partial charge in [-0.15, -0.1) is 0 Å². The maximum absolute atomic E-state index is 13.0. The fourth-order valence-corrected chi connectivity index (χ4v) is 3.19. The smallest absolute Gasteiger partial charge is 0.123 e. The summed E-state index contributed by atoms with van der Waals surface area (Å²) >= 11 is 2.00. The van der Waals surface area contributed by atoms with E-state index in [9.17, 15) is 4.39 Å². The van der Waals surface area contributed by atoms with Crippen molar-refractivity contribution in [2.24, 2.45) is 5.92 Å². The average molecular weight is 225 g/mol. The number of hydrogen-bond acceptors (Lipinski definition) is 2. The van der Waals surface area contributed by atoms with Crippen LogP contribution in [-0.2, 0) is 6.42 Å². The van der Waals surface area contributed by atoms with Crippen LogP contribution in [0.5, 0.6) is 0 Å². The lowest BCUT2D eigenvalue weighted by atomic mass is 9.95. The molecule has 1 saturated heterocycles. The summed E-state index contributed by atoms with van der Waals surface area (Å²) in [6, 6.07) is 4.67. The lowest BCUT2D eigenvalue weighted by Gasteiger charge is -2.21. The van der Waals surface area contributed by atoms with Gasteiger partial charge in [-0.2, -0.15) is 11.8 Å². The zero-order valence-corrected chi connectivity index (χ0v) is 9.52. The number of benzene rings is 1. The summed E-state index contributed by atoms with van der Waals surface area (Å²) in [4.78, 5) is 0. The lowest BCUT2D eigenvalue weighted by molar-refractivity contribution is 0.519. The van der Waals surface area contributed by atoms with E-state index in [0.29, 0.717) is 5.92 Å². The van der Waals surface area contributed by atoms with Crippen LogP contribution >= 0.6 is 11.8 Å². The predicted molar refractivity (Wildman–Crippen MR) is 64.6 cm³/mol. The molecule has 2 N–H and O–H groups in total. The van der Waals surface area contributed by atoms with Crippen LogP contribution in [0.3, 0.4) is 0 Å². The molecule has 1 aromatic carbocycles. The zero-order chi connectivity index (χ0) is 10.7. The molecule has 0 radical (unpaired) electrons. The van der Waals surface area contributed by atoms with E-state index in [1.54, 1.807) is 12.1 Å². The Balaban J connectivity index is 2.05. The molecule has 1 aliphatic rings. The summed E-state index contributed by atoms with van der Waals surface area (Å²) in [5.74, 6) is 2.96. The first kappa shape index (κ1) is 10.8. The number of hydrogen-bond donors (Lipinski definition) is 1. The third-order valence-corrected chi connectivity index (χ3v) is 4.15. The minimum Gasteiger partial charge on any atom is -0.399 e. The molecular weight excluding hydrogens is 209 g/mol. The van der Waals surface area contributed by atoms with Gasteiger partial charge in [0.2, 0.25) is 0 Å². The molecule has 15 heavy (non-hydrogen) atoms. The molecule has 0 aliphatic carbocycles. The fraction of sp³-hybridized carbons (Fsp3) is 0.500. The van der Waals surface area contributed by atoms with Crippen molar-refractivity contribution in [2.45, 2.75) is 19.3 Å². The molecule has 1 heterocycles. The first-order chi connectivity index (χ1) is 7.25. The maximum Gasteiger partial charge on any atom is 0.123 e. The Hall–Kier alpha value is -0.700. The first-order valence-electron chi connectivity index (χ1n) is 5.37. The first-order valence-corrected chi connectivity index (χ1v) is 6.53. The van der Waals surface area contributed by atoms with Crippen LogP contribution in [0.1, 0.15) is 18.4 Å². The maximum atomic E-state index is 13.0. The Labute approximate surface area is 94.2 Å². The van der Waals surface area contributed by atoms with Gasteiger partial charge in [-0.25, -0.2) is 4.39 Å². The average Bonchev–Trinajstić information content (AvgIpc) is 2.25. The molecule has 2 rings (SSSR count). The van der Waals surface area contributed by atoms with Crippen molar-refractivity contribution in [1.82, 2.24) is 0 Å². The van der Waals surface area contributed by atoms with Gasteiger partial charge in [0.05, 0.1) is 0 Å². The van der Waals surface area contributed by atoms with E-state index in [-0.39, 0.29) is 5.82 Å². The quantitative estimate of drug-likeness (QED) is 0.783. The van der Waals surface area contributed by atoms with Crippen LogP contribution < -0.4 is 5.73 Å². The van der Waals surface area contributed by atoms with Gasteiger partial charge in [-0.1, -0.05) is 0 Å². The van der Waals surface area contributed by atoms with Gasteiger partial charge in [0, 0.05) is 5.69 Å². The molecule has 0 spiro atoms. The summed E-state index contributed by atoms with van der Waals surface area (Å²) in [6.45, 7) is 0. The molecule has 1 aliphatic heterocycles. The highest BCUT2D eigenvalue weighted by Crippen LogP contribution is 2.27. The van der Waals surface area contributed by atoms with E-state index in [4.69, 9.17) is 5.73 Å². The standard InChI is InChI=1S/C12H16FNS/c13-11-3-4-12(14)10(7-11)6-9-2-1-5-15-8-9/h3-4,7,9H,1-2,5-6,8,14H2. The van der Waals surface area contributed by atoms with Gasteiger partial charge < -0.3 is 5.73 Å². The van der Waals surface area contributed by atoms with Crippen LogP contribution in [0, 0.1) is 11.7 Å². The van der Waals surface area contributed by atoms with Gasteiger partial charge in [0.15, 0.2) is 0 Å². The second kappa shape index (κ2) is 4.88. The summed E-state index contributed by atoms with van der Waals surface area (Å²) in [5.41, 5.74) is 7.54. The molecule has 82 valence electrons. The van der Waals surface area contributed by atoms with E-state index in [2.05, 4.69) is 0 Å². The van der Waals surface area contributed by atoms with E-state index >= 15 is 0 Å². The largest absolute Gasteiger partial charge is 0.399 e. The number of rotatable bonds is 2. The predicted octanol–water partition coefficient (Wildman–Crippen LogP) is 3.09. The third-order valence-electron chi connectivity index (χ3n) is 2.87. The third kappa shape index (κ3) is 2.88. The molecule has 0 amide bonds. The molecule has 1 fully saturated rings. The van der Waals surface area contributed by atoms with Gasteiger partial charge >= 0.3 is 0 Å². The van der Waals surface area contributed by atoms with Gasteiger partial charge in [-0.3, -0.25) is 0 Å². The van der Waals surface area contributed by atoms with Crippen LogP contribution in [0.15, 0.2) is 18.2 Å². The van der Waals surface area contributed by atoms with Crippen molar-refractivity contribution in [2.75, 3.05) is 17.2 Å². The Morgan fingerprint density at radius 1 is 1.47 bits per heavy atom. The number of anilines is 1. The highest BCUT2D eigenvalue weighted by molar-refractivity contribution is 7.99. The van der Waals surface area contributed by atoms with Crippen LogP contribution in [-0.4, -0.2) is 11.5 Å². The summed E-state index contributed by atoms with van der Waals surface area (Å²) < 4.78 is 13.0. The topological polar surface area (TPSA) is 26.0 Å². The Kier molecular flexibility index (Phi) is 3.52. The number of nitrogens with two attached hydrogens (primary N) is 1. The van der Waals surface area contributed by atoms with E-state index in [0.717, 1.165) is 17.7 Å². The minimum absolute atomic E-state index is 0.178. The van der Waals surface area contributed by atoms with Gasteiger partial charge in [0.1, 0.15) is 5.82 Å². The van der Waals surface area contributed by atoms with E-state index < -0.39 is 0 Å². The minimum atomic E-state index is -0.178. The highest BCUT2D eigenvalue weighted by atomic mass is 32.2. The zero-order valence-electron chi connectivity index (χ0n) is 8.71. The highest BCUT2D eigenvalue weighted by Gasteiger charge is 2.15. The lowest BCUT2D eigenvalue weighted by Crippen LogP contribution is -2.14. The van der Waals surface area contributed by atoms with Crippen molar-refractivity contribution in [3.05, 3.63) is 29.6 Å². The molecule has 1 unspecified atom stereocenters. The fourth-order valence-electron chi connectivity index (χ4n) is 2.03. The Bertz CT molecular complexity index is 334. The van der Waals surface area contributed by atoms with Crippen LogP contribution in [0.25, 0.3) is 0 Å². The number of nitrogen functional groups attached to an aromatic ring is 1. The summed E-state index contributed by atoms with van der Waals surface area (Å²) in [7, 11) is 0. The van der Waals surface area contributed by atoms with Crippen LogP contribution in [0.4, 0.5) is 10.1 Å². The SMILES string of the molecule is Nc1ccc(F)cc1CC1CCCSC1. The molecule has 0 bridgehead atoms. The molecule has 3 heteroatoms. The normalized spacial score (nSPS) is 21.5. The van der Waals surface area contributed by atoms with Crippen molar-refractivity contribution in [3.63, 3.8) is 0 Å². The summed E-state index contributed by atoms with van der Waals surface area (Å²) in [5, 5.41) is 0. The van der Waals surface area contributed by atoms with Gasteiger partial charge in [0.25, 0.3) is 0 Å². The molecule has 1 atom stereocenters. The molecule has 1 nitrogen and oxygen atoms in total. The Morgan fingerprint density at radius 2 is 2.33 bits per heavy atom. The number of thioether (sulfide) groups is 1.